The topological polar surface area (TPSA) is 67.2 Å². The van der Waals surface area contributed by atoms with Gasteiger partial charge in [-0.05, 0) is 61.0 Å². The van der Waals surface area contributed by atoms with E-state index in [-0.39, 0.29) is 29.2 Å². The second-order valence-corrected chi connectivity index (χ2v) is 9.48. The second-order valence-electron chi connectivity index (χ2n) is 8.57. The number of thiophene rings is 1. The van der Waals surface area contributed by atoms with Crippen molar-refractivity contribution in [1.29, 1.82) is 0 Å². The summed E-state index contributed by atoms with van der Waals surface area (Å²) in [6.45, 7) is 3.15. The lowest BCUT2D eigenvalue weighted by Crippen LogP contribution is -2.43. The van der Waals surface area contributed by atoms with E-state index < -0.39 is 0 Å². The Balaban J connectivity index is 1.34. The average molecular weight is 477 g/mol. The number of hydrogen-bond donors (Lipinski definition) is 1. The van der Waals surface area contributed by atoms with Crippen molar-refractivity contribution in [1.82, 2.24) is 14.9 Å². The van der Waals surface area contributed by atoms with Gasteiger partial charge in [0.05, 0.1) is 17.2 Å². The molecule has 1 N–H and O–H groups in total. The molecule has 3 heterocycles. The Kier molecular flexibility index (Phi) is 6.15. The maximum Gasteiger partial charge on any atom is 0.277 e. The van der Waals surface area contributed by atoms with Crippen molar-refractivity contribution < 1.29 is 9.18 Å². The number of rotatable bonds is 5. The summed E-state index contributed by atoms with van der Waals surface area (Å²) >= 11 is 1.40. The highest BCUT2D eigenvalue weighted by Gasteiger charge is 2.29. The minimum absolute atomic E-state index is 0.00169. The molecular formula is C26H25FN4O2S. The highest BCUT2D eigenvalue weighted by atomic mass is 32.1. The van der Waals surface area contributed by atoms with E-state index in [4.69, 9.17) is 4.98 Å². The van der Waals surface area contributed by atoms with E-state index in [0.717, 1.165) is 11.3 Å². The summed E-state index contributed by atoms with van der Waals surface area (Å²) < 4.78 is 15.5. The van der Waals surface area contributed by atoms with E-state index in [1.165, 1.54) is 23.5 Å². The maximum absolute atomic E-state index is 13.3. The molecule has 2 aromatic carbocycles. The lowest BCUT2D eigenvalue weighted by atomic mass is 9.95. The molecule has 1 fully saturated rings. The molecule has 0 unspecified atom stereocenters. The minimum atomic E-state index is -0.294. The Labute approximate surface area is 200 Å². The monoisotopic (exact) mass is 476 g/mol. The van der Waals surface area contributed by atoms with Crippen molar-refractivity contribution in [3.05, 3.63) is 87.8 Å². The summed E-state index contributed by atoms with van der Waals surface area (Å²) in [7, 11) is 0. The number of carbonyl (C=O) groups excluding carboxylic acids is 1. The molecule has 5 rings (SSSR count). The minimum Gasteiger partial charge on any atom is -0.349 e. The van der Waals surface area contributed by atoms with Crippen molar-refractivity contribution in [2.75, 3.05) is 18.0 Å². The SMILES string of the molecule is C[C@H](NC(=O)C1CCN(c2nc3ccsc3c(=O)n2-c2ccccc2)CC1)c1ccc(F)cc1. The van der Waals surface area contributed by atoms with Crippen LogP contribution in [0.1, 0.15) is 31.4 Å². The zero-order chi connectivity index (χ0) is 23.7. The van der Waals surface area contributed by atoms with E-state index in [0.29, 0.717) is 42.1 Å². The number of fused-ring (bicyclic) bond motifs is 1. The molecule has 0 aliphatic carbocycles. The normalized spacial score (nSPS) is 15.4. The largest absolute Gasteiger partial charge is 0.349 e. The van der Waals surface area contributed by atoms with E-state index in [2.05, 4.69) is 10.2 Å². The van der Waals surface area contributed by atoms with Crippen molar-refractivity contribution in [2.45, 2.75) is 25.8 Å². The fraction of sp³-hybridized carbons (Fsp3) is 0.269. The summed E-state index contributed by atoms with van der Waals surface area (Å²) in [6.07, 6.45) is 1.32. The van der Waals surface area contributed by atoms with Gasteiger partial charge >= 0.3 is 0 Å². The standard InChI is InChI=1S/C26H25FN4O2S/c1-17(18-7-9-20(27)10-8-18)28-24(32)19-11-14-30(15-12-19)26-29-22-13-16-34-23(22)25(33)31(26)21-5-3-2-4-6-21/h2-10,13,16-17,19H,11-12,14-15H2,1H3,(H,28,32)/t17-/m0/s1. The van der Waals surface area contributed by atoms with Gasteiger partial charge in [0.2, 0.25) is 11.9 Å². The molecule has 174 valence electrons. The number of nitrogens with zero attached hydrogens (tertiary/aromatic N) is 3. The molecule has 8 heteroatoms. The van der Waals surface area contributed by atoms with Gasteiger partial charge in [0.1, 0.15) is 10.5 Å². The maximum atomic E-state index is 13.3. The third-order valence-corrected chi connectivity index (χ3v) is 7.25. The molecule has 1 atom stereocenters. The third kappa shape index (κ3) is 4.33. The van der Waals surface area contributed by atoms with Crippen LogP contribution in [-0.4, -0.2) is 28.5 Å². The van der Waals surface area contributed by atoms with Gasteiger partial charge in [0.15, 0.2) is 0 Å². The van der Waals surface area contributed by atoms with Crippen LogP contribution in [0, 0.1) is 11.7 Å². The number of amides is 1. The number of anilines is 1. The van der Waals surface area contributed by atoms with Crippen LogP contribution in [0.4, 0.5) is 10.3 Å². The van der Waals surface area contributed by atoms with Crippen molar-refractivity contribution in [2.24, 2.45) is 5.92 Å². The van der Waals surface area contributed by atoms with Gasteiger partial charge in [0, 0.05) is 19.0 Å². The molecule has 0 saturated carbocycles. The van der Waals surface area contributed by atoms with Gasteiger partial charge in [0.25, 0.3) is 5.56 Å². The van der Waals surface area contributed by atoms with Gasteiger partial charge < -0.3 is 10.2 Å². The molecule has 0 radical (unpaired) electrons. The number of para-hydroxylation sites is 1. The molecular weight excluding hydrogens is 451 g/mol. The van der Waals surface area contributed by atoms with Crippen LogP contribution >= 0.6 is 11.3 Å². The predicted octanol–water partition coefficient (Wildman–Crippen LogP) is 4.68. The first kappa shape index (κ1) is 22.3. The zero-order valence-corrected chi connectivity index (χ0v) is 19.6. The fourth-order valence-electron chi connectivity index (χ4n) is 4.43. The van der Waals surface area contributed by atoms with Gasteiger partial charge in [-0.1, -0.05) is 30.3 Å². The van der Waals surface area contributed by atoms with Crippen LogP contribution in [-0.2, 0) is 4.79 Å². The Morgan fingerprint density at radius 2 is 1.79 bits per heavy atom. The zero-order valence-electron chi connectivity index (χ0n) is 18.8. The third-order valence-electron chi connectivity index (χ3n) is 6.35. The summed E-state index contributed by atoms with van der Waals surface area (Å²) in [6, 6.07) is 17.4. The van der Waals surface area contributed by atoms with Crippen molar-refractivity contribution in [3.8, 4) is 5.69 Å². The van der Waals surface area contributed by atoms with E-state index >= 15 is 0 Å². The van der Waals surface area contributed by atoms with Gasteiger partial charge in [-0.3, -0.25) is 9.59 Å². The molecule has 1 saturated heterocycles. The quantitative estimate of drug-likeness (QED) is 0.454. The van der Waals surface area contributed by atoms with Crippen molar-refractivity contribution >= 4 is 33.4 Å². The van der Waals surface area contributed by atoms with Gasteiger partial charge in [-0.15, -0.1) is 11.3 Å². The fourth-order valence-corrected chi connectivity index (χ4v) is 5.19. The molecule has 1 amide bonds. The van der Waals surface area contributed by atoms with E-state index in [1.54, 1.807) is 16.7 Å². The van der Waals surface area contributed by atoms with Crippen LogP contribution in [0.25, 0.3) is 15.9 Å². The highest BCUT2D eigenvalue weighted by molar-refractivity contribution is 7.17. The molecule has 2 aromatic heterocycles. The van der Waals surface area contributed by atoms with Crippen LogP contribution < -0.4 is 15.8 Å². The number of hydrogen-bond acceptors (Lipinski definition) is 5. The van der Waals surface area contributed by atoms with Gasteiger partial charge in [-0.2, -0.15) is 0 Å². The van der Waals surface area contributed by atoms with Crippen LogP contribution in [0.15, 0.2) is 70.8 Å². The first-order chi connectivity index (χ1) is 16.5. The van der Waals surface area contributed by atoms with Gasteiger partial charge in [-0.25, -0.2) is 13.9 Å². The van der Waals surface area contributed by atoms with Crippen LogP contribution in [0.3, 0.4) is 0 Å². The van der Waals surface area contributed by atoms with Crippen LogP contribution in [0.5, 0.6) is 0 Å². The molecule has 1 aliphatic rings. The summed E-state index contributed by atoms with van der Waals surface area (Å²) in [4.78, 5) is 33.1. The number of benzene rings is 2. The molecule has 6 nitrogen and oxygen atoms in total. The first-order valence-electron chi connectivity index (χ1n) is 11.4. The average Bonchev–Trinajstić information content (AvgIpc) is 3.34. The Morgan fingerprint density at radius 1 is 1.09 bits per heavy atom. The number of piperidine rings is 1. The first-order valence-corrected chi connectivity index (χ1v) is 12.3. The van der Waals surface area contributed by atoms with Crippen molar-refractivity contribution in [3.63, 3.8) is 0 Å². The Bertz CT molecular complexity index is 1360. The van der Waals surface area contributed by atoms with Crippen LogP contribution in [0.2, 0.25) is 0 Å². The number of aromatic nitrogens is 2. The molecule has 34 heavy (non-hydrogen) atoms. The Hall–Kier alpha value is -3.52. The molecule has 1 aliphatic heterocycles. The molecule has 4 aromatic rings. The number of nitrogens with one attached hydrogen (secondary N) is 1. The predicted molar refractivity (Wildman–Crippen MR) is 133 cm³/mol. The van der Waals surface area contributed by atoms with E-state index in [1.807, 2.05) is 48.7 Å². The lowest BCUT2D eigenvalue weighted by molar-refractivity contribution is -0.126. The Morgan fingerprint density at radius 3 is 2.50 bits per heavy atom. The molecule has 0 bridgehead atoms. The number of halogens is 1. The lowest BCUT2D eigenvalue weighted by Gasteiger charge is -2.33. The molecule has 0 spiro atoms. The van der Waals surface area contributed by atoms with E-state index in [9.17, 15) is 14.0 Å². The highest BCUT2D eigenvalue weighted by Crippen LogP contribution is 2.27. The number of carbonyl (C=O) groups is 1. The smallest absolute Gasteiger partial charge is 0.277 e. The summed E-state index contributed by atoms with van der Waals surface area (Å²) in [5, 5.41) is 4.94. The second kappa shape index (κ2) is 9.38. The summed E-state index contributed by atoms with van der Waals surface area (Å²) in [5.74, 6) is 0.192. The summed E-state index contributed by atoms with van der Waals surface area (Å²) in [5.41, 5.74) is 2.27.